The van der Waals surface area contributed by atoms with Gasteiger partial charge < -0.3 is 15.1 Å². The van der Waals surface area contributed by atoms with Crippen LogP contribution < -0.4 is 10.2 Å². The molecule has 2 fully saturated rings. The van der Waals surface area contributed by atoms with Crippen molar-refractivity contribution in [2.45, 2.75) is 32.7 Å². The van der Waals surface area contributed by atoms with Crippen molar-refractivity contribution in [2.24, 2.45) is 11.8 Å². The molecule has 0 spiro atoms. The fourth-order valence-electron chi connectivity index (χ4n) is 4.45. The van der Waals surface area contributed by atoms with Gasteiger partial charge in [0.1, 0.15) is 0 Å². The highest BCUT2D eigenvalue weighted by Gasteiger charge is 2.38. The summed E-state index contributed by atoms with van der Waals surface area (Å²) in [6.45, 7) is 3.95. The fraction of sp³-hybridized carbons (Fsp3) is 0.400. The molecule has 0 unspecified atom stereocenters. The van der Waals surface area contributed by atoms with Gasteiger partial charge >= 0.3 is 0 Å². The number of amides is 3. The lowest BCUT2D eigenvalue weighted by Crippen LogP contribution is -2.45. The summed E-state index contributed by atoms with van der Waals surface area (Å²) in [4.78, 5) is 41.6. The van der Waals surface area contributed by atoms with E-state index in [9.17, 15) is 14.4 Å². The van der Waals surface area contributed by atoms with Crippen molar-refractivity contribution in [2.75, 3.05) is 24.5 Å². The third-order valence-electron chi connectivity index (χ3n) is 6.35. The minimum absolute atomic E-state index is 0.0116. The number of likely N-dealkylation sites (tertiary alicyclic amines) is 1. The molecular weight excluding hydrogens is 426 g/mol. The van der Waals surface area contributed by atoms with Crippen LogP contribution in [0, 0.1) is 18.8 Å². The summed E-state index contributed by atoms with van der Waals surface area (Å²) in [6, 6.07) is 15.2. The first kappa shape index (κ1) is 22.3. The first-order valence-electron chi connectivity index (χ1n) is 11.1. The van der Waals surface area contributed by atoms with E-state index in [2.05, 4.69) is 5.32 Å². The Morgan fingerprint density at radius 3 is 2.47 bits per heavy atom. The molecule has 3 amide bonds. The van der Waals surface area contributed by atoms with Crippen LogP contribution in [-0.4, -0.2) is 42.3 Å². The van der Waals surface area contributed by atoms with Crippen molar-refractivity contribution in [3.63, 3.8) is 0 Å². The molecule has 0 aliphatic carbocycles. The second kappa shape index (κ2) is 9.74. The molecule has 0 aromatic heterocycles. The lowest BCUT2D eigenvalue weighted by molar-refractivity contribution is -0.139. The van der Waals surface area contributed by atoms with Gasteiger partial charge in [-0.15, -0.1) is 0 Å². The van der Waals surface area contributed by atoms with E-state index in [0.29, 0.717) is 44.0 Å². The Hall–Kier alpha value is -2.86. The zero-order chi connectivity index (χ0) is 22.7. The maximum absolute atomic E-state index is 13.0. The quantitative estimate of drug-likeness (QED) is 0.752. The molecule has 2 aliphatic rings. The molecule has 2 heterocycles. The maximum Gasteiger partial charge on any atom is 0.228 e. The molecule has 2 aromatic carbocycles. The summed E-state index contributed by atoms with van der Waals surface area (Å²) in [7, 11) is 0. The summed E-state index contributed by atoms with van der Waals surface area (Å²) in [5, 5.41) is 3.62. The highest BCUT2D eigenvalue weighted by molar-refractivity contribution is 6.30. The normalized spacial score (nSPS) is 19.3. The average Bonchev–Trinajstić information content (AvgIpc) is 3.19. The van der Waals surface area contributed by atoms with Gasteiger partial charge in [0.15, 0.2) is 0 Å². The van der Waals surface area contributed by atoms with E-state index in [0.717, 1.165) is 16.8 Å². The summed E-state index contributed by atoms with van der Waals surface area (Å²) in [6.07, 6.45) is 1.51. The number of nitrogens with zero attached hydrogens (tertiary/aromatic N) is 2. The van der Waals surface area contributed by atoms with Crippen LogP contribution in [0.1, 0.15) is 30.4 Å². The zero-order valence-electron chi connectivity index (χ0n) is 18.2. The second-order valence-corrected chi connectivity index (χ2v) is 9.12. The number of hydrogen-bond acceptors (Lipinski definition) is 3. The van der Waals surface area contributed by atoms with Crippen molar-refractivity contribution < 1.29 is 14.4 Å². The third-order valence-corrected chi connectivity index (χ3v) is 6.59. The Morgan fingerprint density at radius 2 is 1.78 bits per heavy atom. The lowest BCUT2D eigenvalue weighted by atomic mass is 9.94. The van der Waals surface area contributed by atoms with Gasteiger partial charge in [0.2, 0.25) is 17.7 Å². The van der Waals surface area contributed by atoms with Gasteiger partial charge in [0.05, 0.1) is 5.92 Å². The highest BCUT2D eigenvalue weighted by atomic mass is 35.5. The molecule has 32 heavy (non-hydrogen) atoms. The van der Waals surface area contributed by atoms with Crippen LogP contribution in [0.15, 0.2) is 48.5 Å². The van der Waals surface area contributed by atoms with Crippen LogP contribution in [-0.2, 0) is 20.9 Å². The van der Waals surface area contributed by atoms with E-state index < -0.39 is 0 Å². The summed E-state index contributed by atoms with van der Waals surface area (Å²) < 4.78 is 0. The summed E-state index contributed by atoms with van der Waals surface area (Å²) in [5.41, 5.74) is 2.93. The van der Waals surface area contributed by atoms with E-state index in [1.807, 2.05) is 54.3 Å². The first-order chi connectivity index (χ1) is 15.4. The van der Waals surface area contributed by atoms with Crippen molar-refractivity contribution in [1.82, 2.24) is 10.2 Å². The van der Waals surface area contributed by atoms with Crippen LogP contribution >= 0.6 is 11.6 Å². The number of aryl methyl sites for hydroxylation is 1. The third kappa shape index (κ3) is 5.13. The van der Waals surface area contributed by atoms with Gasteiger partial charge in [-0.25, -0.2) is 0 Å². The Morgan fingerprint density at radius 1 is 1.06 bits per heavy atom. The minimum Gasteiger partial charge on any atom is -0.352 e. The molecule has 2 aromatic rings. The smallest absolute Gasteiger partial charge is 0.228 e. The first-order valence-corrected chi connectivity index (χ1v) is 11.5. The molecule has 168 valence electrons. The summed E-state index contributed by atoms with van der Waals surface area (Å²) in [5.74, 6) is -0.406. The molecule has 0 saturated carbocycles. The summed E-state index contributed by atoms with van der Waals surface area (Å²) >= 11 is 5.99. The zero-order valence-corrected chi connectivity index (χ0v) is 19.0. The number of benzene rings is 2. The lowest BCUT2D eigenvalue weighted by Gasteiger charge is -2.33. The van der Waals surface area contributed by atoms with E-state index >= 15 is 0 Å². The van der Waals surface area contributed by atoms with Crippen LogP contribution in [0.4, 0.5) is 5.69 Å². The molecule has 6 nitrogen and oxygen atoms in total. The monoisotopic (exact) mass is 453 g/mol. The molecule has 2 aliphatic heterocycles. The van der Waals surface area contributed by atoms with Crippen LogP contribution in [0.3, 0.4) is 0 Å². The van der Waals surface area contributed by atoms with E-state index in [1.165, 1.54) is 0 Å². The number of halogens is 1. The van der Waals surface area contributed by atoms with Crippen LogP contribution in [0.25, 0.3) is 0 Å². The Labute approximate surface area is 193 Å². The van der Waals surface area contributed by atoms with Gasteiger partial charge in [-0.2, -0.15) is 0 Å². The molecule has 7 heteroatoms. The van der Waals surface area contributed by atoms with E-state index in [-0.39, 0.29) is 36.0 Å². The molecule has 2 saturated heterocycles. The largest absolute Gasteiger partial charge is 0.352 e. The van der Waals surface area contributed by atoms with Gasteiger partial charge in [-0.1, -0.05) is 41.4 Å². The predicted molar refractivity (Wildman–Crippen MR) is 124 cm³/mol. The number of carbonyl (C=O) groups is 3. The molecule has 4 rings (SSSR count). The number of hydrogen-bond donors (Lipinski definition) is 1. The molecular formula is C25H28ClN3O3. The fourth-order valence-corrected chi connectivity index (χ4v) is 4.66. The van der Waals surface area contributed by atoms with E-state index in [4.69, 9.17) is 11.6 Å². The van der Waals surface area contributed by atoms with Crippen LogP contribution in [0.2, 0.25) is 5.02 Å². The SMILES string of the molecule is Cc1ccc(N2C[C@H](C(=O)N3CCC(C(=O)NCc4cccc(Cl)c4)CC3)CC2=O)cc1. The Bertz CT molecular complexity index is 1000. The Balaban J connectivity index is 1.26. The van der Waals surface area contributed by atoms with Gasteiger partial charge in [-0.3, -0.25) is 14.4 Å². The highest BCUT2D eigenvalue weighted by Crippen LogP contribution is 2.28. The van der Waals surface area contributed by atoms with Crippen molar-refractivity contribution in [3.05, 3.63) is 64.7 Å². The number of carbonyl (C=O) groups excluding carboxylic acids is 3. The predicted octanol–water partition coefficient (Wildman–Crippen LogP) is 3.56. The average molecular weight is 454 g/mol. The molecule has 0 radical (unpaired) electrons. The number of rotatable bonds is 5. The van der Waals surface area contributed by atoms with Gasteiger partial charge in [-0.05, 0) is 49.6 Å². The van der Waals surface area contributed by atoms with Crippen molar-refractivity contribution in [1.29, 1.82) is 0 Å². The standard InChI is InChI=1S/C25H28ClN3O3/c1-17-5-7-22(8-6-17)29-16-20(14-23(29)30)25(32)28-11-9-19(10-12-28)24(31)27-15-18-3-2-4-21(26)13-18/h2-8,13,19-20H,9-12,14-16H2,1H3,(H,27,31)/t20-/m1/s1. The van der Waals surface area contributed by atoms with Crippen molar-refractivity contribution in [3.8, 4) is 0 Å². The molecule has 0 bridgehead atoms. The topological polar surface area (TPSA) is 69.7 Å². The maximum atomic E-state index is 13.0. The number of anilines is 1. The number of piperidine rings is 1. The molecule has 1 atom stereocenters. The second-order valence-electron chi connectivity index (χ2n) is 8.69. The Kier molecular flexibility index (Phi) is 6.80. The van der Waals surface area contributed by atoms with Crippen molar-refractivity contribution >= 4 is 35.0 Å². The van der Waals surface area contributed by atoms with Crippen LogP contribution in [0.5, 0.6) is 0 Å². The number of nitrogens with one attached hydrogen (secondary N) is 1. The molecule has 1 N–H and O–H groups in total. The minimum atomic E-state index is -0.322. The van der Waals surface area contributed by atoms with Gasteiger partial charge in [0.25, 0.3) is 0 Å². The van der Waals surface area contributed by atoms with E-state index in [1.54, 1.807) is 11.0 Å². The van der Waals surface area contributed by atoms with Gasteiger partial charge in [0, 0.05) is 49.2 Å².